The van der Waals surface area contributed by atoms with E-state index in [-0.39, 0.29) is 5.54 Å². The van der Waals surface area contributed by atoms with E-state index in [9.17, 15) is 0 Å². The molecular weight excluding hydrogens is 355 g/mol. The van der Waals surface area contributed by atoms with Crippen LogP contribution in [0.1, 0.15) is 20.3 Å². The van der Waals surface area contributed by atoms with Crippen molar-refractivity contribution in [2.75, 3.05) is 11.1 Å². The van der Waals surface area contributed by atoms with E-state index in [4.69, 9.17) is 23.2 Å². The Morgan fingerprint density at radius 3 is 2.78 bits per heavy atom. The lowest BCUT2D eigenvalue weighted by Crippen LogP contribution is -2.20. The van der Waals surface area contributed by atoms with Gasteiger partial charge >= 0.3 is 0 Å². The number of rotatable bonds is 2. The van der Waals surface area contributed by atoms with E-state index in [1.807, 2.05) is 12.1 Å². The van der Waals surface area contributed by atoms with Crippen molar-refractivity contribution in [3.63, 3.8) is 0 Å². The summed E-state index contributed by atoms with van der Waals surface area (Å²) in [4.78, 5) is 4.68. The number of nitrogens with zero attached hydrogens (tertiary/aromatic N) is 1. The molecule has 0 fully saturated rings. The van der Waals surface area contributed by atoms with Gasteiger partial charge in [0.25, 0.3) is 0 Å². The summed E-state index contributed by atoms with van der Waals surface area (Å²) < 4.78 is 0.791. The maximum Gasteiger partial charge on any atom is 0.161 e. The third kappa shape index (κ3) is 2.98. The zero-order valence-corrected chi connectivity index (χ0v) is 14.0. The average molecular weight is 368 g/mol. The van der Waals surface area contributed by atoms with Crippen LogP contribution in [0.3, 0.4) is 0 Å². The molecule has 6 heteroatoms. The predicted molar refractivity (Wildman–Crippen MR) is 86.4 cm³/mol. The van der Waals surface area contributed by atoms with Crippen molar-refractivity contribution in [1.82, 2.24) is 0 Å². The number of hydrogen-bond acceptors (Lipinski definition) is 3. The minimum absolute atomic E-state index is 0.0264. The molecule has 1 heterocycles. The number of thioether (sulfide) groups is 1. The van der Waals surface area contributed by atoms with Crippen LogP contribution in [0.25, 0.3) is 0 Å². The summed E-state index contributed by atoms with van der Waals surface area (Å²) in [5.41, 5.74) is 0.815. The Bertz CT molecular complexity index is 507. The van der Waals surface area contributed by atoms with Crippen LogP contribution in [0.4, 0.5) is 5.69 Å². The third-order valence-corrected chi connectivity index (χ3v) is 5.93. The van der Waals surface area contributed by atoms with Gasteiger partial charge in [0.15, 0.2) is 5.17 Å². The number of halogens is 3. The molecule has 0 aliphatic carbocycles. The van der Waals surface area contributed by atoms with Gasteiger partial charge in [0, 0.05) is 10.2 Å². The van der Waals surface area contributed by atoms with Gasteiger partial charge in [-0.1, -0.05) is 41.9 Å². The molecule has 1 aliphatic heterocycles. The Morgan fingerprint density at radius 1 is 1.44 bits per heavy atom. The lowest BCUT2D eigenvalue weighted by molar-refractivity contribution is 0.523. The normalized spacial score (nSPS) is 23.1. The molecule has 1 aliphatic rings. The topological polar surface area (TPSA) is 24.4 Å². The van der Waals surface area contributed by atoms with Crippen molar-refractivity contribution in [3.8, 4) is 0 Å². The van der Waals surface area contributed by atoms with Crippen LogP contribution in [-0.4, -0.2) is 16.5 Å². The molecule has 1 N–H and O–H groups in total. The summed E-state index contributed by atoms with van der Waals surface area (Å²) in [5, 5.41) is 5.18. The molecule has 1 aromatic carbocycles. The molecule has 18 heavy (non-hydrogen) atoms. The fourth-order valence-electron chi connectivity index (χ4n) is 1.52. The van der Waals surface area contributed by atoms with Crippen molar-refractivity contribution in [1.29, 1.82) is 0 Å². The van der Waals surface area contributed by atoms with Crippen LogP contribution in [0, 0.1) is 0 Å². The van der Waals surface area contributed by atoms with Crippen LogP contribution in [0.2, 0.25) is 10.0 Å². The fraction of sp³-hybridized carbons (Fsp3) is 0.417. The van der Waals surface area contributed by atoms with Gasteiger partial charge in [-0.3, -0.25) is 4.99 Å². The second kappa shape index (κ2) is 5.61. The van der Waals surface area contributed by atoms with Gasteiger partial charge in [-0.05, 0) is 41.4 Å². The van der Waals surface area contributed by atoms with Crippen LogP contribution >= 0.6 is 50.9 Å². The SMILES string of the molecule is CCC1(C)CSC(Nc2ccc(Br)c(Cl)c2Cl)=N1. The second-order valence-electron chi connectivity index (χ2n) is 4.40. The molecule has 0 radical (unpaired) electrons. The van der Waals surface area contributed by atoms with E-state index < -0.39 is 0 Å². The number of nitrogens with one attached hydrogen (secondary N) is 1. The molecule has 1 unspecified atom stereocenters. The summed E-state index contributed by atoms with van der Waals surface area (Å²) in [5.74, 6) is 0.994. The second-order valence-corrected chi connectivity index (χ2v) is 6.98. The third-order valence-electron chi connectivity index (χ3n) is 2.93. The number of amidine groups is 1. The summed E-state index contributed by atoms with van der Waals surface area (Å²) in [6, 6.07) is 3.76. The van der Waals surface area contributed by atoms with E-state index in [0.717, 1.165) is 27.5 Å². The minimum Gasteiger partial charge on any atom is -0.334 e. The van der Waals surface area contributed by atoms with Gasteiger partial charge in [-0.25, -0.2) is 0 Å². The molecule has 2 rings (SSSR count). The van der Waals surface area contributed by atoms with Crippen LogP contribution in [-0.2, 0) is 0 Å². The highest BCUT2D eigenvalue weighted by atomic mass is 79.9. The van der Waals surface area contributed by atoms with Crippen LogP contribution in [0.15, 0.2) is 21.6 Å². The highest BCUT2D eigenvalue weighted by molar-refractivity contribution is 9.10. The molecular formula is C12H13BrCl2N2S. The Balaban J connectivity index is 2.21. The van der Waals surface area contributed by atoms with Crippen molar-refractivity contribution in [2.45, 2.75) is 25.8 Å². The summed E-state index contributed by atoms with van der Waals surface area (Å²) >= 11 is 17.3. The molecule has 0 saturated carbocycles. The largest absolute Gasteiger partial charge is 0.334 e. The summed E-state index contributed by atoms with van der Waals surface area (Å²) in [6.07, 6.45) is 1.03. The van der Waals surface area contributed by atoms with E-state index >= 15 is 0 Å². The van der Waals surface area contributed by atoms with Gasteiger partial charge in [0.1, 0.15) is 0 Å². The monoisotopic (exact) mass is 366 g/mol. The van der Waals surface area contributed by atoms with Gasteiger partial charge in [-0.15, -0.1) is 0 Å². The van der Waals surface area contributed by atoms with Crippen LogP contribution in [0.5, 0.6) is 0 Å². The van der Waals surface area contributed by atoms with E-state index in [1.54, 1.807) is 11.8 Å². The molecule has 98 valence electrons. The van der Waals surface area contributed by atoms with Crippen molar-refractivity contribution in [2.24, 2.45) is 4.99 Å². The van der Waals surface area contributed by atoms with Crippen LogP contribution < -0.4 is 5.32 Å². The molecule has 2 nitrogen and oxygen atoms in total. The smallest absolute Gasteiger partial charge is 0.161 e. The molecule has 0 aromatic heterocycles. The van der Waals surface area contributed by atoms with Crippen molar-refractivity contribution < 1.29 is 0 Å². The zero-order chi connectivity index (χ0) is 13.3. The molecule has 0 saturated heterocycles. The maximum absolute atomic E-state index is 6.19. The summed E-state index contributed by atoms with van der Waals surface area (Å²) in [6.45, 7) is 4.31. The molecule has 1 atom stereocenters. The molecule has 1 aromatic rings. The first-order valence-corrected chi connectivity index (χ1v) is 8.12. The average Bonchev–Trinajstić information content (AvgIpc) is 2.73. The molecule has 0 spiro atoms. The number of benzene rings is 1. The molecule has 0 amide bonds. The van der Waals surface area contributed by atoms with Gasteiger partial charge in [0.05, 0.1) is 21.3 Å². The Labute approximate surface area is 130 Å². The highest BCUT2D eigenvalue weighted by Crippen LogP contribution is 2.37. The molecule has 0 bridgehead atoms. The van der Waals surface area contributed by atoms with Gasteiger partial charge in [0.2, 0.25) is 0 Å². The van der Waals surface area contributed by atoms with E-state index in [1.165, 1.54) is 0 Å². The quantitative estimate of drug-likeness (QED) is 0.703. The van der Waals surface area contributed by atoms with E-state index in [2.05, 4.69) is 40.1 Å². The van der Waals surface area contributed by atoms with Gasteiger partial charge < -0.3 is 5.32 Å². The Hall–Kier alpha value is 0.1000. The van der Waals surface area contributed by atoms with Crippen molar-refractivity contribution >= 4 is 61.7 Å². The lowest BCUT2D eigenvalue weighted by atomic mass is 10.0. The first kappa shape index (κ1) is 14.5. The minimum atomic E-state index is 0.0264. The summed E-state index contributed by atoms with van der Waals surface area (Å²) in [7, 11) is 0. The van der Waals surface area contributed by atoms with E-state index in [0.29, 0.717) is 10.0 Å². The zero-order valence-electron chi connectivity index (χ0n) is 10.1. The first-order valence-electron chi connectivity index (χ1n) is 5.58. The van der Waals surface area contributed by atoms with Gasteiger partial charge in [-0.2, -0.15) is 0 Å². The number of anilines is 1. The van der Waals surface area contributed by atoms with Crippen molar-refractivity contribution in [3.05, 3.63) is 26.7 Å². The Kier molecular flexibility index (Phi) is 4.52. The maximum atomic E-state index is 6.19. The standard InChI is InChI=1S/C12H13BrCl2N2S/c1-3-12(2)6-18-11(17-12)16-8-5-4-7(13)9(14)10(8)15/h4-5H,3,6H2,1-2H3,(H,16,17). The highest BCUT2D eigenvalue weighted by Gasteiger charge is 2.29. The lowest BCUT2D eigenvalue weighted by Gasteiger charge is -2.15. The predicted octanol–water partition coefficient (Wildman–Crippen LogP) is 5.44. The first-order chi connectivity index (χ1) is 8.45. The Morgan fingerprint density at radius 2 is 2.17 bits per heavy atom. The number of aliphatic imine (C=N–C) groups is 1. The fourth-order valence-corrected chi connectivity index (χ4v) is 3.52. The number of hydrogen-bond donors (Lipinski definition) is 1.